The molecule has 4 heteroatoms. The molecule has 3 rings (SSSR count). The van der Waals surface area contributed by atoms with Gasteiger partial charge in [0.1, 0.15) is 5.75 Å². The first-order valence-corrected chi connectivity index (χ1v) is 7.47. The fraction of sp³-hybridized carbons (Fsp3) is 0.235. The number of hydrogen-bond acceptors (Lipinski definition) is 2. The molecule has 1 aromatic heterocycles. The van der Waals surface area contributed by atoms with Crippen LogP contribution in [0.5, 0.6) is 5.75 Å². The third-order valence-electron chi connectivity index (χ3n) is 3.81. The smallest absolute Gasteiger partial charge is 0.178 e. The van der Waals surface area contributed by atoms with Crippen molar-refractivity contribution in [1.82, 2.24) is 9.55 Å². The summed E-state index contributed by atoms with van der Waals surface area (Å²) in [6, 6.07) is 14.5. The maximum absolute atomic E-state index is 5.48. The first-order chi connectivity index (χ1) is 10.2. The van der Waals surface area contributed by atoms with Crippen LogP contribution in [0.4, 0.5) is 0 Å². The Morgan fingerprint density at radius 3 is 2.62 bits per heavy atom. The van der Waals surface area contributed by atoms with Crippen LogP contribution in [-0.4, -0.2) is 16.7 Å². The summed E-state index contributed by atoms with van der Waals surface area (Å²) in [6.45, 7) is 2.97. The molecule has 0 unspecified atom stereocenters. The Morgan fingerprint density at radius 2 is 1.90 bits per heavy atom. The number of aromatic nitrogens is 2. The van der Waals surface area contributed by atoms with Gasteiger partial charge in [-0.25, -0.2) is 0 Å². The highest BCUT2D eigenvalue weighted by Crippen LogP contribution is 2.22. The zero-order valence-corrected chi connectivity index (χ0v) is 13.0. The van der Waals surface area contributed by atoms with Gasteiger partial charge in [0, 0.05) is 6.07 Å². The minimum absolute atomic E-state index is 0.740. The number of imidazole rings is 1. The summed E-state index contributed by atoms with van der Waals surface area (Å²) in [5.74, 6) is 0.833. The van der Waals surface area contributed by atoms with Gasteiger partial charge in [0.05, 0.1) is 24.7 Å². The van der Waals surface area contributed by atoms with Crippen LogP contribution in [0, 0.1) is 4.77 Å². The SMILES string of the molecule is CCc1ccccc1Cn1c(=S)[nH]c2cc(OC)ccc21. The molecule has 0 aliphatic rings. The van der Waals surface area contributed by atoms with E-state index in [1.807, 2.05) is 12.1 Å². The highest BCUT2D eigenvalue weighted by molar-refractivity contribution is 7.71. The number of hydrogen-bond donors (Lipinski definition) is 1. The van der Waals surface area contributed by atoms with Crippen molar-refractivity contribution in [1.29, 1.82) is 0 Å². The Kier molecular flexibility index (Phi) is 3.80. The molecule has 0 aliphatic carbocycles. The highest BCUT2D eigenvalue weighted by atomic mass is 32.1. The van der Waals surface area contributed by atoms with Crippen LogP contribution in [-0.2, 0) is 13.0 Å². The molecule has 1 N–H and O–H groups in total. The van der Waals surface area contributed by atoms with Crippen LogP contribution < -0.4 is 4.74 Å². The van der Waals surface area contributed by atoms with Crippen molar-refractivity contribution in [3.8, 4) is 5.75 Å². The Bertz CT molecular complexity index is 832. The number of H-pyrrole nitrogens is 1. The molecule has 2 aromatic carbocycles. The molecule has 0 bridgehead atoms. The van der Waals surface area contributed by atoms with Gasteiger partial charge in [-0.1, -0.05) is 31.2 Å². The molecule has 21 heavy (non-hydrogen) atoms. The predicted molar refractivity (Wildman–Crippen MR) is 88.6 cm³/mol. The molecule has 1 heterocycles. The molecule has 108 valence electrons. The van der Waals surface area contributed by atoms with E-state index in [1.54, 1.807) is 7.11 Å². The lowest BCUT2D eigenvalue weighted by Gasteiger charge is -2.09. The number of aromatic amines is 1. The lowest BCUT2D eigenvalue weighted by atomic mass is 10.1. The highest BCUT2D eigenvalue weighted by Gasteiger charge is 2.08. The average molecular weight is 298 g/mol. The normalized spacial score (nSPS) is 11.0. The molecular weight excluding hydrogens is 280 g/mol. The van der Waals surface area contributed by atoms with Gasteiger partial charge in [-0.05, 0) is 41.9 Å². The molecule has 3 nitrogen and oxygen atoms in total. The van der Waals surface area contributed by atoms with Gasteiger partial charge in [0.2, 0.25) is 0 Å². The first-order valence-electron chi connectivity index (χ1n) is 7.06. The summed E-state index contributed by atoms with van der Waals surface area (Å²) in [7, 11) is 1.67. The van der Waals surface area contributed by atoms with Gasteiger partial charge >= 0.3 is 0 Å². The minimum Gasteiger partial charge on any atom is -0.497 e. The third-order valence-corrected chi connectivity index (χ3v) is 4.13. The number of aryl methyl sites for hydroxylation is 1. The Hall–Kier alpha value is -2.07. The van der Waals surface area contributed by atoms with Crippen molar-refractivity contribution >= 4 is 23.3 Å². The Balaban J connectivity index is 2.08. The Labute approximate surface area is 129 Å². The van der Waals surface area contributed by atoms with Crippen molar-refractivity contribution < 1.29 is 4.74 Å². The van der Waals surface area contributed by atoms with Gasteiger partial charge < -0.3 is 14.3 Å². The second-order valence-electron chi connectivity index (χ2n) is 5.02. The maximum Gasteiger partial charge on any atom is 0.178 e. The van der Waals surface area contributed by atoms with Crippen LogP contribution in [0.1, 0.15) is 18.1 Å². The number of nitrogens with zero attached hydrogens (tertiary/aromatic N) is 1. The Morgan fingerprint density at radius 1 is 1.14 bits per heavy atom. The maximum atomic E-state index is 5.48. The van der Waals surface area contributed by atoms with Crippen LogP contribution in [0.2, 0.25) is 0 Å². The molecule has 0 saturated heterocycles. The summed E-state index contributed by atoms with van der Waals surface area (Å²) in [5.41, 5.74) is 4.79. The number of ether oxygens (including phenoxy) is 1. The molecule has 0 aliphatic heterocycles. The summed E-state index contributed by atoms with van der Waals surface area (Å²) in [4.78, 5) is 3.26. The van der Waals surface area contributed by atoms with Crippen LogP contribution >= 0.6 is 12.2 Å². The van der Waals surface area contributed by atoms with Crippen LogP contribution in [0.15, 0.2) is 42.5 Å². The van der Waals surface area contributed by atoms with Gasteiger partial charge in [-0.2, -0.15) is 0 Å². The summed E-state index contributed by atoms with van der Waals surface area (Å²) < 4.78 is 8.14. The number of fused-ring (bicyclic) bond motifs is 1. The van der Waals surface area contributed by atoms with Crippen molar-refractivity contribution in [3.63, 3.8) is 0 Å². The van der Waals surface area contributed by atoms with Crippen molar-refractivity contribution in [2.45, 2.75) is 19.9 Å². The molecule has 0 saturated carbocycles. The van der Waals surface area contributed by atoms with Crippen molar-refractivity contribution in [2.75, 3.05) is 7.11 Å². The first kappa shape index (κ1) is 13.9. The second kappa shape index (κ2) is 5.74. The number of benzene rings is 2. The monoisotopic (exact) mass is 298 g/mol. The van der Waals surface area contributed by atoms with Gasteiger partial charge in [-0.3, -0.25) is 0 Å². The van der Waals surface area contributed by atoms with Crippen molar-refractivity contribution in [2.24, 2.45) is 0 Å². The zero-order valence-electron chi connectivity index (χ0n) is 12.2. The van der Waals surface area contributed by atoms with E-state index in [9.17, 15) is 0 Å². The van der Waals surface area contributed by atoms with E-state index in [2.05, 4.69) is 46.8 Å². The molecule has 0 fully saturated rings. The second-order valence-corrected chi connectivity index (χ2v) is 5.41. The fourth-order valence-corrected chi connectivity index (χ4v) is 2.93. The number of rotatable bonds is 4. The van der Waals surface area contributed by atoms with Crippen LogP contribution in [0.25, 0.3) is 11.0 Å². The summed E-state index contributed by atoms with van der Waals surface area (Å²) in [6.07, 6.45) is 1.03. The molecule has 0 radical (unpaired) electrons. The lowest BCUT2D eigenvalue weighted by Crippen LogP contribution is -2.02. The molecular formula is C17H18N2OS. The van der Waals surface area contributed by atoms with Gasteiger partial charge in [0.25, 0.3) is 0 Å². The van der Waals surface area contributed by atoms with E-state index in [-0.39, 0.29) is 0 Å². The topological polar surface area (TPSA) is 29.9 Å². The largest absolute Gasteiger partial charge is 0.497 e. The van der Waals surface area contributed by atoms with Crippen molar-refractivity contribution in [3.05, 3.63) is 58.4 Å². The van der Waals surface area contributed by atoms with E-state index in [0.29, 0.717) is 0 Å². The molecule has 0 atom stereocenters. The number of methoxy groups -OCH3 is 1. The average Bonchev–Trinajstić information content (AvgIpc) is 2.83. The molecule has 0 amide bonds. The standard InChI is InChI=1S/C17H18N2OS/c1-3-12-6-4-5-7-13(12)11-19-16-9-8-14(20-2)10-15(16)18-17(19)21/h4-10H,3,11H2,1-2H3,(H,18,21). The quantitative estimate of drug-likeness (QED) is 0.727. The fourth-order valence-electron chi connectivity index (χ4n) is 2.65. The van der Waals surface area contributed by atoms with E-state index >= 15 is 0 Å². The van der Waals surface area contributed by atoms with E-state index in [4.69, 9.17) is 17.0 Å². The lowest BCUT2D eigenvalue weighted by molar-refractivity contribution is 0.415. The molecule has 0 spiro atoms. The molecule has 3 aromatic rings. The zero-order chi connectivity index (χ0) is 14.8. The van der Waals surface area contributed by atoms with E-state index in [0.717, 1.165) is 34.5 Å². The number of nitrogens with one attached hydrogen (secondary N) is 1. The summed E-state index contributed by atoms with van der Waals surface area (Å²) in [5, 5.41) is 0. The van der Waals surface area contributed by atoms with Gasteiger partial charge in [-0.15, -0.1) is 0 Å². The van der Waals surface area contributed by atoms with E-state index in [1.165, 1.54) is 11.1 Å². The van der Waals surface area contributed by atoms with E-state index < -0.39 is 0 Å². The van der Waals surface area contributed by atoms with Crippen LogP contribution in [0.3, 0.4) is 0 Å². The third kappa shape index (κ3) is 2.59. The van der Waals surface area contributed by atoms with Gasteiger partial charge in [0.15, 0.2) is 4.77 Å². The predicted octanol–water partition coefficient (Wildman–Crippen LogP) is 4.32. The minimum atomic E-state index is 0.740. The summed E-state index contributed by atoms with van der Waals surface area (Å²) >= 11 is 5.48.